The molecule has 0 saturated heterocycles. The molecule has 1 rings (SSSR count). The maximum atomic E-state index is 12.6. The van der Waals surface area contributed by atoms with E-state index in [1.54, 1.807) is 0 Å². The van der Waals surface area contributed by atoms with Crippen molar-refractivity contribution in [2.75, 3.05) is 0 Å². The molecule has 1 heterocycles. The molecule has 112 valence electrons. The van der Waals surface area contributed by atoms with E-state index in [0.717, 1.165) is 0 Å². The van der Waals surface area contributed by atoms with Gasteiger partial charge in [-0.15, -0.1) is 13.2 Å². The van der Waals surface area contributed by atoms with Crippen LogP contribution >= 0.6 is 27.5 Å². The van der Waals surface area contributed by atoms with Crippen LogP contribution in [0, 0.1) is 0 Å². The third-order valence-corrected chi connectivity index (χ3v) is 2.72. The highest BCUT2D eigenvalue weighted by atomic mass is 79.9. The zero-order chi connectivity index (χ0) is 15.7. The summed E-state index contributed by atoms with van der Waals surface area (Å²) in [4.78, 5) is 13.9. The topological polar surface area (TPSA) is 39.2 Å². The summed E-state index contributed by atoms with van der Waals surface area (Å²) in [6, 6.07) is 0. The number of hydrogen-bond acceptors (Lipinski definition) is 3. The van der Waals surface area contributed by atoms with Crippen molar-refractivity contribution in [1.82, 2.24) is 4.98 Å². The normalized spacial score (nSPS) is 12.4. The zero-order valence-electron chi connectivity index (χ0n) is 9.07. The summed E-state index contributed by atoms with van der Waals surface area (Å²) in [5.74, 6) is -1.32. The van der Waals surface area contributed by atoms with E-state index in [1.807, 2.05) is 0 Å². The Morgan fingerprint density at radius 3 is 2.20 bits per heavy atom. The third kappa shape index (κ3) is 3.98. The summed E-state index contributed by atoms with van der Waals surface area (Å²) in [5.41, 5.74) is -3.48. The molecule has 11 heteroatoms. The molecule has 0 atom stereocenters. The smallest absolute Gasteiger partial charge is 0.404 e. The first-order valence-electron chi connectivity index (χ1n) is 4.58. The first-order chi connectivity index (χ1) is 8.97. The Hall–Kier alpha value is -1.03. The summed E-state index contributed by atoms with van der Waals surface area (Å²) >= 11 is 7.61. The molecule has 0 unspecified atom stereocenters. The first kappa shape index (κ1) is 17.0. The number of carbonyl (C=O) groups excluding carboxylic acids is 1. The van der Waals surface area contributed by atoms with Gasteiger partial charge in [-0.25, -0.2) is 0 Å². The Morgan fingerprint density at radius 1 is 1.30 bits per heavy atom. The van der Waals surface area contributed by atoms with Gasteiger partial charge in [0, 0.05) is 17.1 Å². The molecule has 0 aliphatic carbocycles. The minimum absolute atomic E-state index is 0.283. The Kier molecular flexibility index (Phi) is 4.90. The second-order valence-electron chi connectivity index (χ2n) is 3.28. The fourth-order valence-corrected chi connectivity index (χ4v) is 1.93. The van der Waals surface area contributed by atoms with Gasteiger partial charge in [0.05, 0.1) is 5.56 Å². The Morgan fingerprint density at radius 2 is 1.85 bits per heavy atom. The molecule has 0 bridgehead atoms. The number of rotatable bonds is 3. The fourth-order valence-electron chi connectivity index (χ4n) is 1.28. The van der Waals surface area contributed by atoms with Crippen LogP contribution in [0.2, 0.25) is 0 Å². The summed E-state index contributed by atoms with van der Waals surface area (Å²) in [6.45, 7) is 0. The molecule has 20 heavy (non-hydrogen) atoms. The summed E-state index contributed by atoms with van der Waals surface area (Å²) < 4.78 is 78.1. The number of carbonyl (C=O) groups is 1. The van der Waals surface area contributed by atoms with E-state index in [1.165, 1.54) is 0 Å². The van der Waals surface area contributed by atoms with Crippen molar-refractivity contribution in [3.63, 3.8) is 0 Å². The lowest BCUT2D eigenvalue weighted by molar-refractivity contribution is -0.275. The van der Waals surface area contributed by atoms with Gasteiger partial charge in [0.15, 0.2) is 5.69 Å². The Bertz CT molecular complexity index is 530. The minimum atomic E-state index is -5.29. The second-order valence-corrected chi connectivity index (χ2v) is 4.19. The average Bonchev–Trinajstić information content (AvgIpc) is 2.24. The van der Waals surface area contributed by atoms with Crippen LogP contribution in [-0.4, -0.2) is 16.6 Å². The van der Waals surface area contributed by atoms with Gasteiger partial charge in [0.1, 0.15) is 5.75 Å². The maximum absolute atomic E-state index is 12.6. The second kappa shape index (κ2) is 5.76. The van der Waals surface area contributed by atoms with E-state index in [2.05, 4.69) is 25.7 Å². The fraction of sp³-hybridized carbons (Fsp3) is 0.333. The van der Waals surface area contributed by atoms with Crippen LogP contribution in [0.25, 0.3) is 0 Å². The summed E-state index contributed by atoms with van der Waals surface area (Å²) in [6.07, 6.45) is -10.0. The number of aromatic nitrogens is 1. The van der Waals surface area contributed by atoms with Crippen LogP contribution in [0.5, 0.6) is 5.75 Å². The van der Waals surface area contributed by atoms with Gasteiger partial charge in [0.2, 0.25) is 0 Å². The van der Waals surface area contributed by atoms with Crippen LogP contribution in [0.4, 0.5) is 26.3 Å². The molecule has 1 aromatic heterocycles. The number of halogens is 8. The quantitative estimate of drug-likeness (QED) is 0.442. The molecular formula is C9H3BrClF6NO2. The predicted octanol–water partition coefficient (Wildman–Crippen LogP) is 4.27. The lowest BCUT2D eigenvalue weighted by Gasteiger charge is -2.18. The van der Waals surface area contributed by atoms with Gasteiger partial charge in [-0.1, -0.05) is 15.9 Å². The number of hydrogen-bond donors (Lipinski definition) is 0. The van der Waals surface area contributed by atoms with E-state index in [-0.39, 0.29) is 6.20 Å². The van der Waals surface area contributed by atoms with Crippen molar-refractivity contribution in [1.29, 1.82) is 0 Å². The van der Waals surface area contributed by atoms with Crippen LogP contribution < -0.4 is 4.74 Å². The van der Waals surface area contributed by atoms with Crippen molar-refractivity contribution in [3.8, 4) is 5.75 Å². The van der Waals surface area contributed by atoms with Crippen LogP contribution in [0.1, 0.15) is 21.6 Å². The maximum Gasteiger partial charge on any atom is 0.573 e. The Balaban J connectivity index is 3.59. The van der Waals surface area contributed by atoms with Crippen molar-refractivity contribution in [2.24, 2.45) is 0 Å². The van der Waals surface area contributed by atoms with Gasteiger partial charge < -0.3 is 4.74 Å². The Labute approximate surface area is 121 Å². The molecule has 0 spiro atoms. The minimum Gasteiger partial charge on any atom is -0.404 e. The molecule has 1 aromatic rings. The molecule has 0 aromatic carbocycles. The zero-order valence-corrected chi connectivity index (χ0v) is 11.4. The van der Waals surface area contributed by atoms with E-state index in [0.29, 0.717) is 0 Å². The van der Waals surface area contributed by atoms with Gasteiger partial charge in [-0.3, -0.25) is 9.78 Å². The summed E-state index contributed by atoms with van der Waals surface area (Å²) in [5, 5.41) is -2.09. The molecule has 0 radical (unpaired) electrons. The molecule has 0 aliphatic heterocycles. The van der Waals surface area contributed by atoms with Crippen LogP contribution in [0.3, 0.4) is 0 Å². The van der Waals surface area contributed by atoms with E-state index < -0.39 is 45.7 Å². The molecule has 3 nitrogen and oxygen atoms in total. The number of nitrogens with zero attached hydrogens (tertiary/aromatic N) is 1. The van der Waals surface area contributed by atoms with Gasteiger partial charge in [0.25, 0.3) is 5.24 Å². The standard InChI is InChI=1S/C9H3BrClF6NO2/c10-1-3-5(20-9(15,16)17)4(7(11)19)2-18-6(3)8(12,13)14/h2H,1H2. The number of ether oxygens (including phenoxy) is 1. The summed E-state index contributed by atoms with van der Waals surface area (Å²) in [7, 11) is 0. The highest BCUT2D eigenvalue weighted by Crippen LogP contribution is 2.39. The highest BCUT2D eigenvalue weighted by Gasteiger charge is 2.40. The number of alkyl halides is 7. The highest BCUT2D eigenvalue weighted by molar-refractivity contribution is 9.08. The van der Waals surface area contributed by atoms with E-state index in [4.69, 9.17) is 11.6 Å². The molecule has 0 amide bonds. The van der Waals surface area contributed by atoms with E-state index >= 15 is 0 Å². The van der Waals surface area contributed by atoms with E-state index in [9.17, 15) is 31.1 Å². The molecule has 0 saturated carbocycles. The molecule has 0 fully saturated rings. The van der Waals surface area contributed by atoms with Crippen molar-refractivity contribution < 1.29 is 35.9 Å². The first-order valence-corrected chi connectivity index (χ1v) is 6.08. The van der Waals surface area contributed by atoms with Crippen LogP contribution in [0.15, 0.2) is 6.20 Å². The monoisotopic (exact) mass is 385 g/mol. The lowest BCUT2D eigenvalue weighted by atomic mass is 10.1. The SMILES string of the molecule is O=C(Cl)c1cnc(C(F)(F)F)c(CBr)c1OC(F)(F)F. The number of pyridine rings is 1. The van der Waals surface area contributed by atoms with Gasteiger partial charge in [-0.2, -0.15) is 13.2 Å². The van der Waals surface area contributed by atoms with Crippen molar-refractivity contribution >= 4 is 32.8 Å². The predicted molar refractivity (Wildman–Crippen MR) is 58.7 cm³/mol. The van der Waals surface area contributed by atoms with Gasteiger partial charge in [-0.05, 0) is 11.6 Å². The third-order valence-electron chi connectivity index (χ3n) is 1.96. The molecule has 0 aliphatic rings. The lowest BCUT2D eigenvalue weighted by Crippen LogP contribution is -2.22. The largest absolute Gasteiger partial charge is 0.573 e. The molecule has 0 N–H and O–H groups in total. The van der Waals surface area contributed by atoms with Crippen molar-refractivity contribution in [3.05, 3.63) is 23.0 Å². The van der Waals surface area contributed by atoms with Crippen molar-refractivity contribution in [2.45, 2.75) is 17.9 Å². The van der Waals surface area contributed by atoms with Gasteiger partial charge >= 0.3 is 12.5 Å². The molecular weight excluding hydrogens is 383 g/mol. The van der Waals surface area contributed by atoms with Crippen LogP contribution in [-0.2, 0) is 11.5 Å². The average molecular weight is 386 g/mol.